The van der Waals surface area contributed by atoms with Crippen LogP contribution in [0.3, 0.4) is 0 Å². The Bertz CT molecular complexity index is 503. The fraction of sp³-hybridized carbons (Fsp3) is 0.111. The predicted octanol–water partition coefficient (Wildman–Crippen LogP) is 2.25. The van der Waals surface area contributed by atoms with E-state index in [1.54, 1.807) is 12.4 Å². The molecule has 0 radical (unpaired) electrons. The highest BCUT2D eigenvalue weighted by atomic mass is 35.5. The van der Waals surface area contributed by atoms with Gasteiger partial charge in [-0.2, -0.15) is 0 Å². The molecular weight excluding hydrogens is 251 g/mol. The molecule has 2 heterocycles. The Morgan fingerprint density at radius 3 is 2.38 bits per heavy atom. The van der Waals surface area contributed by atoms with Gasteiger partial charge in [0, 0.05) is 18.0 Å². The van der Waals surface area contributed by atoms with Crippen LogP contribution in [0.2, 0.25) is 10.3 Å². The van der Waals surface area contributed by atoms with E-state index in [-0.39, 0.29) is 11.3 Å². The van der Waals surface area contributed by atoms with E-state index >= 15 is 0 Å². The van der Waals surface area contributed by atoms with E-state index in [2.05, 4.69) is 19.9 Å². The molecular formula is C9H6Cl2N4O. The van der Waals surface area contributed by atoms with Crippen LogP contribution in [0.15, 0.2) is 18.6 Å². The van der Waals surface area contributed by atoms with Crippen LogP contribution < -0.4 is 4.74 Å². The van der Waals surface area contributed by atoms with Crippen LogP contribution in [0.5, 0.6) is 6.01 Å². The number of aromatic nitrogens is 4. The van der Waals surface area contributed by atoms with Gasteiger partial charge in [-0.1, -0.05) is 11.6 Å². The SMILES string of the molecule is COc1ncc(-c2nc(Cl)ncc2Cl)cn1. The Kier molecular flexibility index (Phi) is 3.17. The van der Waals surface area contributed by atoms with E-state index in [9.17, 15) is 0 Å². The number of halogens is 2. The molecule has 0 N–H and O–H groups in total. The van der Waals surface area contributed by atoms with Crippen LogP contribution in [0, 0.1) is 0 Å². The van der Waals surface area contributed by atoms with E-state index in [0.717, 1.165) is 0 Å². The lowest BCUT2D eigenvalue weighted by Crippen LogP contribution is -1.94. The Balaban J connectivity index is 2.45. The first-order valence-corrected chi connectivity index (χ1v) is 5.00. The van der Waals surface area contributed by atoms with Crippen molar-refractivity contribution in [2.45, 2.75) is 0 Å². The molecule has 16 heavy (non-hydrogen) atoms. The molecule has 0 saturated carbocycles. The van der Waals surface area contributed by atoms with Crippen molar-refractivity contribution in [3.8, 4) is 17.3 Å². The summed E-state index contributed by atoms with van der Waals surface area (Å²) in [7, 11) is 1.49. The molecule has 0 saturated heterocycles. The number of methoxy groups -OCH3 is 1. The fourth-order valence-corrected chi connectivity index (χ4v) is 1.43. The lowest BCUT2D eigenvalue weighted by atomic mass is 10.2. The highest BCUT2D eigenvalue weighted by Crippen LogP contribution is 2.25. The summed E-state index contributed by atoms with van der Waals surface area (Å²) in [6.45, 7) is 0. The average Bonchev–Trinajstić information content (AvgIpc) is 2.32. The number of hydrogen-bond acceptors (Lipinski definition) is 5. The minimum Gasteiger partial charge on any atom is -0.467 e. The summed E-state index contributed by atoms with van der Waals surface area (Å²) >= 11 is 11.6. The predicted molar refractivity (Wildman–Crippen MR) is 59.6 cm³/mol. The number of nitrogens with zero attached hydrogens (tertiary/aromatic N) is 4. The Hall–Kier alpha value is -1.46. The molecule has 82 valence electrons. The Morgan fingerprint density at radius 1 is 1.06 bits per heavy atom. The van der Waals surface area contributed by atoms with Gasteiger partial charge in [0.15, 0.2) is 0 Å². The number of ether oxygens (including phenoxy) is 1. The van der Waals surface area contributed by atoms with Crippen LogP contribution in [-0.2, 0) is 0 Å². The van der Waals surface area contributed by atoms with Gasteiger partial charge in [0.1, 0.15) is 0 Å². The first kappa shape index (κ1) is 11.0. The third-order valence-electron chi connectivity index (χ3n) is 1.80. The lowest BCUT2D eigenvalue weighted by molar-refractivity contribution is 0.380. The fourth-order valence-electron chi connectivity index (χ4n) is 1.09. The van der Waals surface area contributed by atoms with E-state index in [4.69, 9.17) is 27.9 Å². The minimum absolute atomic E-state index is 0.121. The molecule has 5 nitrogen and oxygen atoms in total. The molecule has 7 heteroatoms. The van der Waals surface area contributed by atoms with Gasteiger partial charge in [-0.25, -0.2) is 19.9 Å². The highest BCUT2D eigenvalue weighted by molar-refractivity contribution is 6.33. The molecule has 0 amide bonds. The molecule has 0 atom stereocenters. The maximum absolute atomic E-state index is 5.93. The second kappa shape index (κ2) is 4.59. The number of hydrogen-bond donors (Lipinski definition) is 0. The molecule has 0 aliphatic carbocycles. The molecule has 2 aromatic heterocycles. The Labute approximate surface area is 101 Å². The minimum atomic E-state index is 0.121. The molecule has 0 aliphatic heterocycles. The van der Waals surface area contributed by atoms with Crippen molar-refractivity contribution in [3.05, 3.63) is 28.9 Å². The van der Waals surface area contributed by atoms with Gasteiger partial charge in [-0.3, -0.25) is 0 Å². The summed E-state index contributed by atoms with van der Waals surface area (Å²) in [5.74, 6) is 0. The standard InChI is InChI=1S/C9H6Cl2N4O/c1-16-9-13-2-5(3-14-9)7-6(10)4-12-8(11)15-7/h2-4H,1H3. The normalized spacial score (nSPS) is 10.2. The summed E-state index contributed by atoms with van der Waals surface area (Å²) in [5.41, 5.74) is 1.14. The van der Waals surface area contributed by atoms with Crippen molar-refractivity contribution >= 4 is 23.2 Å². The molecule has 0 aliphatic rings. The van der Waals surface area contributed by atoms with Gasteiger partial charge < -0.3 is 4.74 Å². The van der Waals surface area contributed by atoms with Gasteiger partial charge >= 0.3 is 6.01 Å². The quantitative estimate of drug-likeness (QED) is 0.772. The largest absolute Gasteiger partial charge is 0.467 e. The molecule has 2 rings (SSSR count). The van der Waals surface area contributed by atoms with Crippen molar-refractivity contribution in [1.82, 2.24) is 19.9 Å². The van der Waals surface area contributed by atoms with Crippen molar-refractivity contribution < 1.29 is 4.74 Å². The molecule has 0 unspecified atom stereocenters. The molecule has 0 bridgehead atoms. The second-order valence-electron chi connectivity index (χ2n) is 2.79. The first-order chi connectivity index (χ1) is 7.70. The summed E-state index contributed by atoms with van der Waals surface area (Å²) in [6, 6.07) is 0.278. The van der Waals surface area contributed by atoms with Crippen LogP contribution in [0.25, 0.3) is 11.3 Å². The first-order valence-electron chi connectivity index (χ1n) is 4.25. The van der Waals surface area contributed by atoms with Gasteiger partial charge in [-0.05, 0) is 11.6 Å². The van der Waals surface area contributed by atoms with E-state index < -0.39 is 0 Å². The zero-order valence-corrected chi connectivity index (χ0v) is 9.70. The summed E-state index contributed by atoms with van der Waals surface area (Å²) in [6.07, 6.45) is 4.53. The van der Waals surface area contributed by atoms with Gasteiger partial charge in [0.05, 0.1) is 24.0 Å². The highest BCUT2D eigenvalue weighted by Gasteiger charge is 2.08. The molecule has 0 aromatic carbocycles. The smallest absolute Gasteiger partial charge is 0.316 e. The van der Waals surface area contributed by atoms with Crippen molar-refractivity contribution in [2.24, 2.45) is 0 Å². The van der Waals surface area contributed by atoms with E-state index in [1.807, 2.05) is 0 Å². The Morgan fingerprint density at radius 2 is 1.75 bits per heavy atom. The summed E-state index contributed by atoms with van der Waals surface area (Å²) in [4.78, 5) is 15.7. The van der Waals surface area contributed by atoms with Crippen LogP contribution in [-0.4, -0.2) is 27.0 Å². The van der Waals surface area contributed by atoms with Crippen molar-refractivity contribution in [1.29, 1.82) is 0 Å². The van der Waals surface area contributed by atoms with E-state index in [1.165, 1.54) is 13.3 Å². The van der Waals surface area contributed by atoms with E-state index in [0.29, 0.717) is 16.3 Å². The maximum Gasteiger partial charge on any atom is 0.316 e. The topological polar surface area (TPSA) is 60.8 Å². The van der Waals surface area contributed by atoms with Crippen molar-refractivity contribution in [3.63, 3.8) is 0 Å². The molecule has 0 fully saturated rings. The zero-order valence-electron chi connectivity index (χ0n) is 8.19. The average molecular weight is 257 g/mol. The van der Waals surface area contributed by atoms with Crippen LogP contribution in [0.4, 0.5) is 0 Å². The summed E-state index contributed by atoms with van der Waals surface area (Å²) < 4.78 is 4.84. The van der Waals surface area contributed by atoms with Crippen LogP contribution >= 0.6 is 23.2 Å². The molecule has 0 spiro atoms. The third-order valence-corrected chi connectivity index (χ3v) is 2.26. The number of rotatable bonds is 2. The zero-order chi connectivity index (χ0) is 11.5. The van der Waals surface area contributed by atoms with Crippen LogP contribution in [0.1, 0.15) is 0 Å². The van der Waals surface area contributed by atoms with Gasteiger partial charge in [0.25, 0.3) is 0 Å². The molecule has 2 aromatic rings. The monoisotopic (exact) mass is 256 g/mol. The van der Waals surface area contributed by atoms with Crippen molar-refractivity contribution in [2.75, 3.05) is 7.11 Å². The maximum atomic E-state index is 5.93. The van der Waals surface area contributed by atoms with Gasteiger partial charge in [-0.15, -0.1) is 0 Å². The lowest BCUT2D eigenvalue weighted by Gasteiger charge is -2.03. The third kappa shape index (κ3) is 2.20. The second-order valence-corrected chi connectivity index (χ2v) is 3.54. The summed E-state index contributed by atoms with van der Waals surface area (Å²) in [5, 5.41) is 0.508. The van der Waals surface area contributed by atoms with Gasteiger partial charge in [0.2, 0.25) is 5.28 Å².